The fraction of sp³-hybridized carbons (Fsp3) is 0.0238. The van der Waals surface area contributed by atoms with Crippen LogP contribution < -0.4 is 4.74 Å². The lowest BCUT2D eigenvalue weighted by atomic mass is 9.75. The van der Waals surface area contributed by atoms with Crippen LogP contribution in [0.4, 0.5) is 0 Å². The van der Waals surface area contributed by atoms with Gasteiger partial charge in [0, 0.05) is 22.1 Å². The van der Waals surface area contributed by atoms with Crippen LogP contribution in [0.15, 0.2) is 155 Å². The van der Waals surface area contributed by atoms with Gasteiger partial charge in [-0.2, -0.15) is 5.26 Å². The van der Waals surface area contributed by atoms with Gasteiger partial charge < -0.3 is 9.15 Å². The molecule has 3 aliphatic rings. The van der Waals surface area contributed by atoms with E-state index in [4.69, 9.17) is 9.15 Å². The summed E-state index contributed by atoms with van der Waals surface area (Å²) in [5, 5.41) is 11.7. The van der Waals surface area contributed by atoms with Gasteiger partial charge >= 0.3 is 0 Å². The van der Waals surface area contributed by atoms with Crippen molar-refractivity contribution in [3.8, 4) is 45.2 Å². The quantitative estimate of drug-likeness (QED) is 0.197. The summed E-state index contributed by atoms with van der Waals surface area (Å²) in [4.78, 5) is 2.18. The van der Waals surface area contributed by atoms with Crippen molar-refractivity contribution < 1.29 is 9.15 Å². The highest BCUT2D eigenvalue weighted by Crippen LogP contribution is 2.68. The van der Waals surface area contributed by atoms with Gasteiger partial charge in [-0.3, -0.25) is 0 Å². The molecule has 0 fully saturated rings. The molecule has 0 bridgehead atoms. The van der Waals surface area contributed by atoms with Gasteiger partial charge in [0.2, 0.25) is 0 Å². The zero-order valence-corrected chi connectivity index (χ0v) is 25.3. The van der Waals surface area contributed by atoms with E-state index in [-0.39, 0.29) is 0 Å². The maximum absolute atomic E-state index is 10.6. The summed E-state index contributed by atoms with van der Waals surface area (Å²) in [6.45, 7) is 0. The topological polar surface area (TPSA) is 46.2 Å². The van der Waals surface area contributed by atoms with Crippen LogP contribution >= 0.6 is 11.8 Å². The van der Waals surface area contributed by atoms with E-state index in [1.54, 1.807) is 11.8 Å². The number of benzene rings is 6. The number of nitrogens with zero attached hydrogens (tertiary/aromatic N) is 1. The third-order valence-corrected chi connectivity index (χ3v) is 10.8. The Kier molecular flexibility index (Phi) is 5.21. The number of para-hydroxylation sites is 2. The smallest absolute Gasteiger partial charge is 0.141 e. The van der Waals surface area contributed by atoms with Crippen LogP contribution in [0, 0.1) is 11.3 Å². The Morgan fingerprint density at radius 2 is 1.28 bits per heavy atom. The third kappa shape index (κ3) is 3.17. The first-order valence-corrected chi connectivity index (χ1v) is 16.1. The molecule has 1 aliphatic heterocycles. The van der Waals surface area contributed by atoms with Gasteiger partial charge in [-0.25, -0.2) is 0 Å². The average Bonchev–Trinajstić information content (AvgIpc) is 3.74. The number of hydrogen-bond acceptors (Lipinski definition) is 4. The van der Waals surface area contributed by atoms with Crippen LogP contribution in [0.3, 0.4) is 0 Å². The SMILES string of the molecule is N#Cc1c(-c2ccccc2)cccc1-c1cccc2c1-c1ccccc1C21C2=C(Sc3ccccc3O2)c2c1oc1ccccc21. The normalized spacial score (nSPS) is 16.8. The molecule has 3 nitrogen and oxygen atoms in total. The molecule has 1 unspecified atom stereocenters. The molecule has 4 heteroatoms. The van der Waals surface area contributed by atoms with Crippen molar-refractivity contribution in [3.05, 3.63) is 173 Å². The summed E-state index contributed by atoms with van der Waals surface area (Å²) < 4.78 is 13.9. The number of hydrogen-bond donors (Lipinski definition) is 0. The Hall–Kier alpha value is -5.76. The van der Waals surface area contributed by atoms with Crippen LogP contribution in [0.2, 0.25) is 0 Å². The zero-order chi connectivity index (χ0) is 30.4. The minimum atomic E-state index is -0.796. The minimum absolute atomic E-state index is 0.662. The first-order valence-electron chi connectivity index (χ1n) is 15.3. The van der Waals surface area contributed by atoms with Crippen molar-refractivity contribution >= 4 is 27.6 Å². The minimum Gasteiger partial charge on any atom is -0.459 e. The molecule has 1 atom stereocenters. The lowest BCUT2D eigenvalue weighted by molar-refractivity contribution is 0.343. The highest BCUT2D eigenvalue weighted by Gasteiger charge is 2.59. The lowest BCUT2D eigenvalue weighted by Crippen LogP contribution is -2.30. The molecule has 0 saturated heterocycles. The molecular formula is C42H23NO2S. The number of rotatable bonds is 2. The van der Waals surface area contributed by atoms with Crippen LogP contribution in [-0.2, 0) is 5.41 Å². The number of thioether (sulfide) groups is 1. The van der Waals surface area contributed by atoms with Gasteiger partial charge in [-0.15, -0.1) is 0 Å². The van der Waals surface area contributed by atoms with E-state index in [0.29, 0.717) is 5.56 Å². The summed E-state index contributed by atoms with van der Waals surface area (Å²) >= 11 is 1.76. The van der Waals surface area contributed by atoms with E-state index in [0.717, 1.165) is 88.1 Å². The molecule has 0 amide bonds. The van der Waals surface area contributed by atoms with Gasteiger partial charge in [-0.1, -0.05) is 133 Å². The fourth-order valence-corrected chi connectivity index (χ4v) is 8.95. The number of ether oxygens (including phenoxy) is 1. The molecule has 0 radical (unpaired) electrons. The van der Waals surface area contributed by atoms with Gasteiger partial charge in [0.05, 0.1) is 15.4 Å². The molecule has 7 aromatic rings. The van der Waals surface area contributed by atoms with Crippen molar-refractivity contribution in [2.75, 3.05) is 0 Å². The summed E-state index contributed by atoms with van der Waals surface area (Å²) in [5.41, 5.74) is 10.2. The molecule has 0 N–H and O–H groups in total. The van der Waals surface area contributed by atoms with Gasteiger partial charge in [0.1, 0.15) is 34.3 Å². The molecule has 46 heavy (non-hydrogen) atoms. The maximum atomic E-state index is 10.6. The van der Waals surface area contributed by atoms with Gasteiger partial charge in [-0.05, 0) is 51.6 Å². The van der Waals surface area contributed by atoms with Crippen LogP contribution in [0.5, 0.6) is 5.75 Å². The second-order valence-corrected chi connectivity index (χ2v) is 12.9. The number of nitriles is 1. The Morgan fingerprint density at radius 1 is 0.587 bits per heavy atom. The molecule has 2 heterocycles. The summed E-state index contributed by atoms with van der Waals surface area (Å²) in [7, 11) is 0. The first kappa shape index (κ1) is 25.6. The second-order valence-electron chi connectivity index (χ2n) is 11.8. The Labute approximate surface area is 270 Å². The molecular weight excluding hydrogens is 583 g/mol. The summed E-state index contributed by atoms with van der Waals surface area (Å²) in [6.07, 6.45) is 0. The van der Waals surface area contributed by atoms with Crippen molar-refractivity contribution in [1.29, 1.82) is 5.26 Å². The van der Waals surface area contributed by atoms with Crippen molar-refractivity contribution in [2.45, 2.75) is 10.3 Å². The first-order chi connectivity index (χ1) is 22.8. The van der Waals surface area contributed by atoms with E-state index in [1.807, 2.05) is 42.5 Å². The summed E-state index contributed by atoms with van der Waals surface area (Å²) in [5.74, 6) is 2.63. The van der Waals surface area contributed by atoms with E-state index in [1.165, 1.54) is 0 Å². The van der Waals surface area contributed by atoms with E-state index in [2.05, 4.69) is 103 Å². The third-order valence-electron chi connectivity index (χ3n) is 9.60. The maximum Gasteiger partial charge on any atom is 0.141 e. The highest BCUT2D eigenvalue weighted by molar-refractivity contribution is 8.08. The van der Waals surface area contributed by atoms with Crippen molar-refractivity contribution in [2.24, 2.45) is 0 Å². The van der Waals surface area contributed by atoms with Gasteiger partial charge in [0.25, 0.3) is 0 Å². The van der Waals surface area contributed by atoms with Crippen LogP contribution in [0.1, 0.15) is 28.0 Å². The van der Waals surface area contributed by atoms with Crippen molar-refractivity contribution in [3.63, 3.8) is 0 Å². The average molecular weight is 606 g/mol. The van der Waals surface area contributed by atoms with Crippen LogP contribution in [-0.4, -0.2) is 0 Å². The second kappa shape index (κ2) is 9.37. The lowest BCUT2D eigenvalue weighted by Gasteiger charge is -2.31. The highest BCUT2D eigenvalue weighted by atomic mass is 32.2. The van der Waals surface area contributed by atoms with E-state index < -0.39 is 5.41 Å². The number of fused-ring (bicyclic) bond motifs is 12. The largest absolute Gasteiger partial charge is 0.459 e. The Bertz CT molecular complexity index is 2500. The van der Waals surface area contributed by atoms with E-state index in [9.17, 15) is 5.26 Å². The molecule has 0 saturated carbocycles. The standard InChI is InChI=1S/C42H23NO2S/c43-24-31-26(25-12-2-1-3-13-25)16-10-17-27(31)28-18-11-20-33-37(28)29-14-4-6-19-32(29)42(33)40-38(30-15-5-7-21-34(30)44-40)39-41(42)45-35-22-8-9-23-36(35)46-39/h1-23H. The predicted molar refractivity (Wildman–Crippen MR) is 183 cm³/mol. The Morgan fingerprint density at radius 3 is 2.20 bits per heavy atom. The Balaban J connectivity index is 1.31. The molecule has 1 aromatic heterocycles. The molecule has 10 rings (SSSR count). The van der Waals surface area contributed by atoms with Crippen LogP contribution in [0.25, 0.3) is 49.3 Å². The fourth-order valence-electron chi connectivity index (χ4n) is 7.78. The number of allylic oxidation sites excluding steroid dienone is 1. The molecule has 214 valence electrons. The van der Waals surface area contributed by atoms with E-state index >= 15 is 0 Å². The van der Waals surface area contributed by atoms with Crippen molar-refractivity contribution in [1.82, 2.24) is 0 Å². The zero-order valence-electron chi connectivity index (χ0n) is 24.5. The number of furan rings is 1. The summed E-state index contributed by atoms with van der Waals surface area (Å²) in [6, 6.07) is 50.5. The predicted octanol–water partition coefficient (Wildman–Crippen LogP) is 10.8. The molecule has 1 spiro atoms. The molecule has 2 aliphatic carbocycles. The van der Waals surface area contributed by atoms with Gasteiger partial charge in [0.15, 0.2) is 0 Å². The monoisotopic (exact) mass is 605 g/mol. The molecule has 6 aromatic carbocycles.